The lowest BCUT2D eigenvalue weighted by atomic mass is 10.1. The fourth-order valence-electron chi connectivity index (χ4n) is 3.00. The Labute approximate surface area is 188 Å². The van der Waals surface area contributed by atoms with Gasteiger partial charge in [-0.25, -0.2) is 4.79 Å². The average Bonchev–Trinajstić information content (AvgIpc) is 3.35. The zero-order valence-corrected chi connectivity index (χ0v) is 19.0. The molecule has 0 saturated heterocycles. The standard InChI is InChI=1S/C19H16ClN5O4S2/c1-8(13(26)11-15(21)24(2)19(28)25(3)17(11)27)30-18-23-22-16(29-18)14-12(20)9-6-4-5-7-10(9)31-14/h4-8H,21H2,1-3H3/t8-/m0/s1. The van der Waals surface area contributed by atoms with Crippen molar-refractivity contribution in [3.63, 3.8) is 0 Å². The fourth-order valence-corrected chi connectivity index (χ4v) is 5.18. The van der Waals surface area contributed by atoms with E-state index in [9.17, 15) is 14.4 Å². The van der Waals surface area contributed by atoms with Gasteiger partial charge in [-0.3, -0.25) is 18.7 Å². The number of nitrogens with two attached hydrogens (primary N) is 1. The van der Waals surface area contributed by atoms with Crippen LogP contribution >= 0.6 is 34.7 Å². The molecular formula is C19H16ClN5O4S2. The van der Waals surface area contributed by atoms with E-state index in [2.05, 4.69) is 10.2 Å². The Balaban J connectivity index is 1.62. The second-order valence-corrected chi connectivity index (χ2v) is 9.43. The molecule has 0 bridgehead atoms. The van der Waals surface area contributed by atoms with Crippen LogP contribution in [0, 0.1) is 0 Å². The Hall–Kier alpha value is -2.89. The summed E-state index contributed by atoms with van der Waals surface area (Å²) in [5.74, 6) is -0.488. The lowest BCUT2D eigenvalue weighted by Gasteiger charge is -2.13. The monoisotopic (exact) mass is 477 g/mol. The summed E-state index contributed by atoms with van der Waals surface area (Å²) in [7, 11) is 2.68. The normalized spacial score (nSPS) is 12.4. The van der Waals surface area contributed by atoms with E-state index in [0.717, 1.165) is 31.0 Å². The predicted molar refractivity (Wildman–Crippen MR) is 121 cm³/mol. The van der Waals surface area contributed by atoms with Gasteiger partial charge in [-0.2, -0.15) is 0 Å². The Morgan fingerprint density at radius 3 is 2.65 bits per heavy atom. The van der Waals surface area contributed by atoms with Gasteiger partial charge < -0.3 is 10.2 Å². The maximum absolute atomic E-state index is 12.9. The van der Waals surface area contributed by atoms with Crippen molar-refractivity contribution in [1.29, 1.82) is 0 Å². The number of halogens is 1. The van der Waals surface area contributed by atoms with Crippen LogP contribution in [0.1, 0.15) is 17.3 Å². The molecule has 0 spiro atoms. The molecule has 9 nitrogen and oxygen atoms in total. The number of fused-ring (bicyclic) bond motifs is 1. The smallest absolute Gasteiger partial charge is 0.332 e. The maximum atomic E-state index is 12.9. The Morgan fingerprint density at radius 2 is 1.94 bits per heavy atom. The molecule has 4 rings (SSSR count). The molecule has 31 heavy (non-hydrogen) atoms. The van der Waals surface area contributed by atoms with Crippen LogP contribution < -0.4 is 17.0 Å². The maximum Gasteiger partial charge on any atom is 0.332 e. The van der Waals surface area contributed by atoms with Crippen LogP contribution in [-0.4, -0.2) is 30.4 Å². The number of carbonyl (C=O) groups excluding carboxylic acids is 1. The average molecular weight is 478 g/mol. The number of thioether (sulfide) groups is 1. The molecule has 0 amide bonds. The number of benzene rings is 1. The van der Waals surface area contributed by atoms with Gasteiger partial charge in [0.2, 0.25) is 0 Å². The van der Waals surface area contributed by atoms with E-state index >= 15 is 0 Å². The Bertz CT molecular complexity index is 1450. The first-order chi connectivity index (χ1) is 14.7. The third kappa shape index (κ3) is 3.58. The quantitative estimate of drug-likeness (QED) is 0.343. The molecule has 0 aliphatic carbocycles. The summed E-state index contributed by atoms with van der Waals surface area (Å²) in [6.45, 7) is 1.59. The molecule has 3 heterocycles. The van der Waals surface area contributed by atoms with E-state index < -0.39 is 22.3 Å². The number of Topliss-reactive ketones (excluding diaryl/α,β-unsaturated/α-hetero) is 1. The predicted octanol–water partition coefficient (Wildman–Crippen LogP) is 2.95. The van der Waals surface area contributed by atoms with Gasteiger partial charge in [0.15, 0.2) is 5.78 Å². The molecule has 0 fully saturated rings. The highest BCUT2D eigenvalue weighted by Gasteiger charge is 2.27. The number of carbonyl (C=O) groups is 1. The van der Waals surface area contributed by atoms with Crippen LogP contribution in [0.15, 0.2) is 43.5 Å². The lowest BCUT2D eigenvalue weighted by molar-refractivity contribution is 0.0991. The van der Waals surface area contributed by atoms with Crippen molar-refractivity contribution in [2.24, 2.45) is 14.1 Å². The molecule has 0 radical (unpaired) electrons. The first-order valence-corrected chi connectivity index (χ1v) is 11.0. The molecule has 160 valence electrons. The second-order valence-electron chi connectivity index (χ2n) is 6.70. The highest BCUT2D eigenvalue weighted by molar-refractivity contribution is 8.00. The van der Waals surface area contributed by atoms with Gasteiger partial charge in [-0.15, -0.1) is 21.5 Å². The molecule has 3 aromatic heterocycles. The molecule has 1 atom stereocenters. The van der Waals surface area contributed by atoms with Gasteiger partial charge in [0.05, 0.1) is 10.3 Å². The number of aromatic nitrogens is 4. The van der Waals surface area contributed by atoms with Gasteiger partial charge in [0.25, 0.3) is 16.7 Å². The molecule has 0 unspecified atom stereocenters. The molecular weight excluding hydrogens is 462 g/mol. The number of hydrogen-bond acceptors (Lipinski definition) is 9. The van der Waals surface area contributed by atoms with Gasteiger partial charge in [-0.05, 0) is 13.0 Å². The highest BCUT2D eigenvalue weighted by atomic mass is 35.5. The third-order valence-electron chi connectivity index (χ3n) is 4.74. The molecule has 12 heteroatoms. The molecule has 2 N–H and O–H groups in total. The van der Waals surface area contributed by atoms with E-state index in [1.54, 1.807) is 6.92 Å². The third-order valence-corrected chi connectivity index (χ3v) is 7.34. The van der Waals surface area contributed by atoms with Crippen molar-refractivity contribution in [3.05, 3.63) is 55.7 Å². The zero-order valence-electron chi connectivity index (χ0n) is 16.6. The summed E-state index contributed by atoms with van der Waals surface area (Å²) >= 11 is 8.87. The minimum absolute atomic E-state index is 0.143. The summed E-state index contributed by atoms with van der Waals surface area (Å²) in [6.07, 6.45) is 0. The van der Waals surface area contributed by atoms with Crippen LogP contribution in [0.3, 0.4) is 0 Å². The summed E-state index contributed by atoms with van der Waals surface area (Å²) < 4.78 is 8.59. The number of rotatable bonds is 5. The van der Waals surface area contributed by atoms with Gasteiger partial charge in [0.1, 0.15) is 16.3 Å². The first kappa shape index (κ1) is 21.3. The topological polar surface area (TPSA) is 126 Å². The summed E-state index contributed by atoms with van der Waals surface area (Å²) in [5, 5.41) is 8.82. The van der Waals surface area contributed by atoms with Crippen LogP contribution in [0.5, 0.6) is 0 Å². The molecule has 1 aromatic carbocycles. The number of thiophene rings is 1. The van der Waals surface area contributed by atoms with E-state index in [1.165, 1.54) is 25.4 Å². The number of ketones is 1. The second kappa shape index (κ2) is 7.98. The Kier molecular flexibility index (Phi) is 5.50. The first-order valence-electron chi connectivity index (χ1n) is 8.98. The molecule has 4 aromatic rings. The molecule has 0 aliphatic heterocycles. The number of nitrogens with zero attached hydrogens (tertiary/aromatic N) is 4. The van der Waals surface area contributed by atoms with Crippen molar-refractivity contribution in [2.45, 2.75) is 17.4 Å². The van der Waals surface area contributed by atoms with E-state index in [4.69, 9.17) is 21.8 Å². The zero-order chi connectivity index (χ0) is 22.4. The van der Waals surface area contributed by atoms with Crippen LogP contribution in [-0.2, 0) is 14.1 Å². The van der Waals surface area contributed by atoms with Gasteiger partial charge in [-0.1, -0.05) is 41.6 Å². The van der Waals surface area contributed by atoms with Gasteiger partial charge in [0, 0.05) is 24.2 Å². The Morgan fingerprint density at radius 1 is 1.23 bits per heavy atom. The SMILES string of the molecule is C[C@H](Sc1nnc(-c2sc3ccccc3c2Cl)o1)C(=O)c1c(N)n(C)c(=O)n(C)c1=O. The highest BCUT2D eigenvalue weighted by Crippen LogP contribution is 2.42. The minimum atomic E-state index is -0.765. The largest absolute Gasteiger partial charge is 0.410 e. The van der Waals surface area contributed by atoms with Crippen molar-refractivity contribution >= 4 is 56.4 Å². The summed E-state index contributed by atoms with van der Waals surface area (Å²) in [6, 6.07) is 7.65. The minimum Gasteiger partial charge on any atom is -0.410 e. The summed E-state index contributed by atoms with van der Waals surface area (Å²) in [4.78, 5) is 38.0. The van der Waals surface area contributed by atoms with Crippen molar-refractivity contribution in [2.75, 3.05) is 5.73 Å². The lowest BCUT2D eigenvalue weighted by Crippen LogP contribution is -2.42. The van der Waals surface area contributed by atoms with Crippen LogP contribution in [0.25, 0.3) is 20.9 Å². The van der Waals surface area contributed by atoms with Gasteiger partial charge >= 0.3 is 5.69 Å². The summed E-state index contributed by atoms with van der Waals surface area (Å²) in [5.41, 5.74) is 4.26. The van der Waals surface area contributed by atoms with Crippen molar-refractivity contribution in [3.8, 4) is 10.8 Å². The number of nitrogen functional groups attached to an aromatic ring is 1. The van der Waals surface area contributed by atoms with Crippen LogP contribution in [0.2, 0.25) is 5.02 Å². The van der Waals surface area contributed by atoms with Crippen LogP contribution in [0.4, 0.5) is 5.82 Å². The number of hydrogen-bond donors (Lipinski definition) is 1. The molecule has 0 aliphatic rings. The van der Waals surface area contributed by atoms with E-state index in [1.807, 2.05) is 24.3 Å². The van der Waals surface area contributed by atoms with E-state index in [0.29, 0.717) is 9.90 Å². The molecule has 0 saturated carbocycles. The van der Waals surface area contributed by atoms with E-state index in [-0.39, 0.29) is 22.5 Å². The van der Waals surface area contributed by atoms with Crippen molar-refractivity contribution < 1.29 is 9.21 Å². The van der Waals surface area contributed by atoms with Crippen molar-refractivity contribution in [1.82, 2.24) is 19.3 Å². The number of anilines is 1. The fraction of sp³-hybridized carbons (Fsp3) is 0.211.